The number of aromatic nitrogens is 3. The maximum Gasteiger partial charge on any atom is 0.468 e. The second kappa shape index (κ2) is 9.75. The molecule has 202 valence electrons. The Labute approximate surface area is 219 Å². The van der Waals surface area contributed by atoms with Crippen molar-refractivity contribution < 1.29 is 32.6 Å². The summed E-state index contributed by atoms with van der Waals surface area (Å²) in [6.45, 7) is 2.17. The summed E-state index contributed by atoms with van der Waals surface area (Å²) >= 11 is 0.539. The van der Waals surface area contributed by atoms with E-state index in [0.29, 0.717) is 16.9 Å². The highest BCUT2D eigenvalue weighted by atomic mass is 32.1. The Balaban J connectivity index is 1.86. The smallest absolute Gasteiger partial charge is 0.365 e. The molecule has 0 atom stereocenters. The topological polar surface area (TPSA) is 189 Å². The van der Waals surface area contributed by atoms with E-state index in [1.807, 2.05) is 0 Å². The van der Waals surface area contributed by atoms with Crippen molar-refractivity contribution in [1.29, 1.82) is 0 Å². The number of carbonyl (C=O) groups excluding carboxylic acids is 2. The number of nitrogens with one attached hydrogen (secondary N) is 1. The fourth-order valence-corrected chi connectivity index (χ4v) is 4.83. The second-order valence-electron chi connectivity index (χ2n) is 8.25. The fraction of sp³-hybridized carbons (Fsp3) is 0.182. The van der Waals surface area contributed by atoms with Crippen LogP contribution in [0.4, 0.5) is 30.4 Å². The van der Waals surface area contributed by atoms with Crippen LogP contribution in [0.5, 0.6) is 0 Å². The Morgan fingerprint density at radius 1 is 1.13 bits per heavy atom. The van der Waals surface area contributed by atoms with Gasteiger partial charge in [0.15, 0.2) is 0 Å². The van der Waals surface area contributed by atoms with Gasteiger partial charge in [0.1, 0.15) is 27.6 Å². The molecule has 3 heterocycles. The van der Waals surface area contributed by atoms with Crippen LogP contribution in [0.2, 0.25) is 0 Å². The molecule has 0 bridgehead atoms. The summed E-state index contributed by atoms with van der Waals surface area (Å²) in [6.07, 6.45) is -4.82. The van der Waals surface area contributed by atoms with Gasteiger partial charge in [-0.2, -0.15) is 17.9 Å². The van der Waals surface area contributed by atoms with Crippen LogP contribution in [0.1, 0.15) is 26.6 Å². The average molecular weight is 563 g/mol. The van der Waals surface area contributed by atoms with Crippen molar-refractivity contribution in [2.45, 2.75) is 26.6 Å². The van der Waals surface area contributed by atoms with Gasteiger partial charge in [-0.1, -0.05) is 29.8 Å². The number of fused-ring (bicyclic) bond motifs is 1. The molecular formula is C22H16F3N7O6S. The highest BCUT2D eigenvalue weighted by Crippen LogP contribution is 2.43. The van der Waals surface area contributed by atoms with Crippen molar-refractivity contribution >= 4 is 50.6 Å². The predicted molar refractivity (Wildman–Crippen MR) is 132 cm³/mol. The van der Waals surface area contributed by atoms with Gasteiger partial charge in [0.25, 0.3) is 5.91 Å². The van der Waals surface area contributed by atoms with Crippen LogP contribution in [0.3, 0.4) is 0 Å². The molecule has 0 saturated carbocycles. The number of amides is 2. The Hall–Kier alpha value is -4.93. The fourth-order valence-electron chi connectivity index (χ4n) is 3.82. The first-order valence-electron chi connectivity index (χ1n) is 10.8. The molecule has 3 aromatic heterocycles. The Morgan fingerprint density at radius 2 is 1.77 bits per heavy atom. The standard InChI is InChI=1S/C22H16F3N7O6S/c1-9-3-5-11(6-4-9)12-7-13(22(23,24)25)27-21-15(12)16(18(39-21)19(26)34)28-14(33)8-30-10(2)17(31(35)36)20(29-30)32(37)38/h3-7H,8H2,1-2H3,(H2,26,34)(H,28,33). The van der Waals surface area contributed by atoms with Gasteiger partial charge >= 0.3 is 17.7 Å². The summed E-state index contributed by atoms with van der Waals surface area (Å²) in [7, 11) is 0. The number of thiophene rings is 1. The van der Waals surface area contributed by atoms with Gasteiger partial charge < -0.3 is 21.2 Å². The number of hydrogen-bond donors (Lipinski definition) is 2. The number of nitrogens with zero attached hydrogens (tertiary/aromatic N) is 5. The third-order valence-corrected chi connectivity index (χ3v) is 6.71. The highest BCUT2D eigenvalue weighted by Gasteiger charge is 2.37. The largest absolute Gasteiger partial charge is 0.468 e. The van der Waals surface area contributed by atoms with E-state index in [4.69, 9.17) is 5.73 Å². The molecule has 4 rings (SSSR count). The zero-order chi connectivity index (χ0) is 28.8. The lowest BCUT2D eigenvalue weighted by Crippen LogP contribution is -2.22. The lowest BCUT2D eigenvalue weighted by atomic mass is 10.00. The summed E-state index contributed by atoms with van der Waals surface area (Å²) < 4.78 is 41.7. The molecule has 0 spiro atoms. The maximum absolute atomic E-state index is 13.7. The molecule has 17 heteroatoms. The normalized spacial score (nSPS) is 11.5. The molecule has 0 aliphatic heterocycles. The molecule has 2 amide bonds. The molecule has 4 aromatic rings. The zero-order valence-corrected chi connectivity index (χ0v) is 20.7. The van der Waals surface area contributed by atoms with Crippen LogP contribution < -0.4 is 11.1 Å². The molecule has 3 N–H and O–H groups in total. The Kier molecular flexibility index (Phi) is 6.78. The number of rotatable bonds is 7. The minimum absolute atomic E-state index is 0.00733. The molecule has 13 nitrogen and oxygen atoms in total. The van der Waals surface area contributed by atoms with Crippen LogP contribution in [-0.4, -0.2) is 36.4 Å². The highest BCUT2D eigenvalue weighted by molar-refractivity contribution is 7.21. The van der Waals surface area contributed by atoms with Crippen molar-refractivity contribution in [2.24, 2.45) is 5.73 Å². The molecule has 0 aliphatic rings. The molecule has 0 unspecified atom stereocenters. The molecule has 0 aliphatic carbocycles. The summed E-state index contributed by atoms with van der Waals surface area (Å²) in [5.41, 5.74) is 3.98. The number of aryl methyl sites for hydroxylation is 1. The van der Waals surface area contributed by atoms with E-state index in [2.05, 4.69) is 15.4 Å². The Morgan fingerprint density at radius 3 is 2.28 bits per heavy atom. The monoisotopic (exact) mass is 563 g/mol. The number of benzene rings is 1. The number of pyridine rings is 1. The first kappa shape index (κ1) is 27.1. The summed E-state index contributed by atoms with van der Waals surface area (Å²) in [4.78, 5) is 48.7. The first-order chi connectivity index (χ1) is 18.2. The number of anilines is 1. The average Bonchev–Trinajstić information content (AvgIpc) is 3.36. The lowest BCUT2D eigenvalue weighted by Gasteiger charge is -2.12. The van der Waals surface area contributed by atoms with Crippen LogP contribution in [0, 0.1) is 34.1 Å². The number of hydrogen-bond acceptors (Lipinski definition) is 9. The predicted octanol–water partition coefficient (Wildman–Crippen LogP) is 4.35. The number of primary amides is 1. The number of nitro groups is 2. The van der Waals surface area contributed by atoms with Gasteiger partial charge in [-0.25, -0.2) is 4.98 Å². The van der Waals surface area contributed by atoms with E-state index in [1.54, 1.807) is 31.2 Å². The van der Waals surface area contributed by atoms with Crippen LogP contribution >= 0.6 is 11.3 Å². The van der Waals surface area contributed by atoms with Crippen LogP contribution in [-0.2, 0) is 17.5 Å². The van der Waals surface area contributed by atoms with E-state index in [9.17, 15) is 43.0 Å². The molecule has 0 saturated heterocycles. The number of alkyl halides is 3. The molecule has 1 aromatic carbocycles. The summed E-state index contributed by atoms with van der Waals surface area (Å²) in [6, 6.07) is 7.22. The van der Waals surface area contributed by atoms with Crippen LogP contribution in [0.15, 0.2) is 30.3 Å². The van der Waals surface area contributed by atoms with Gasteiger partial charge in [-0.05, 0) is 36.0 Å². The van der Waals surface area contributed by atoms with Crippen molar-refractivity contribution in [2.75, 3.05) is 5.32 Å². The van der Waals surface area contributed by atoms with E-state index < -0.39 is 51.6 Å². The minimum Gasteiger partial charge on any atom is -0.365 e. The molecular weight excluding hydrogens is 547 g/mol. The molecule has 0 radical (unpaired) electrons. The van der Waals surface area contributed by atoms with Gasteiger partial charge in [0.05, 0.1) is 15.7 Å². The minimum atomic E-state index is -4.82. The van der Waals surface area contributed by atoms with Crippen LogP contribution in [0.25, 0.3) is 21.3 Å². The van der Waals surface area contributed by atoms with Gasteiger partial charge in [0.2, 0.25) is 5.91 Å². The van der Waals surface area contributed by atoms with E-state index in [1.165, 1.54) is 0 Å². The number of nitrogens with two attached hydrogens (primary N) is 1. The zero-order valence-electron chi connectivity index (χ0n) is 19.9. The SMILES string of the molecule is Cc1ccc(-c2cc(C(F)(F)F)nc3sc(C(N)=O)c(NC(=O)Cn4nc([N+](=O)[O-])c([N+](=O)[O-])c4C)c23)cc1. The first-order valence-corrected chi connectivity index (χ1v) is 11.6. The molecule has 39 heavy (non-hydrogen) atoms. The van der Waals surface area contributed by atoms with Crippen molar-refractivity contribution in [3.8, 4) is 11.1 Å². The summed E-state index contributed by atoms with van der Waals surface area (Å²) in [5, 5.41) is 28.4. The number of halogens is 3. The third-order valence-electron chi connectivity index (χ3n) is 5.61. The van der Waals surface area contributed by atoms with Gasteiger partial charge in [0, 0.05) is 5.39 Å². The van der Waals surface area contributed by atoms with Crippen molar-refractivity contribution in [1.82, 2.24) is 14.8 Å². The van der Waals surface area contributed by atoms with Crippen molar-refractivity contribution in [3.63, 3.8) is 0 Å². The quantitative estimate of drug-likeness (QED) is 0.245. The van der Waals surface area contributed by atoms with E-state index in [-0.39, 0.29) is 32.0 Å². The lowest BCUT2D eigenvalue weighted by molar-refractivity contribution is -0.424. The number of carbonyl (C=O) groups is 2. The van der Waals surface area contributed by atoms with Gasteiger partial charge in [-0.15, -0.1) is 11.3 Å². The maximum atomic E-state index is 13.7. The second-order valence-corrected chi connectivity index (χ2v) is 9.25. The summed E-state index contributed by atoms with van der Waals surface area (Å²) in [5.74, 6) is -3.07. The third kappa shape index (κ3) is 5.11. The Bertz CT molecular complexity index is 1680. The molecule has 0 fully saturated rings. The van der Waals surface area contributed by atoms with Gasteiger partial charge in [-0.3, -0.25) is 19.7 Å². The van der Waals surface area contributed by atoms with Crippen molar-refractivity contribution in [3.05, 3.63) is 72.4 Å². The van der Waals surface area contributed by atoms with E-state index >= 15 is 0 Å². The van der Waals surface area contributed by atoms with E-state index in [0.717, 1.165) is 23.2 Å².